The topological polar surface area (TPSA) is 110 Å². The van der Waals surface area contributed by atoms with Gasteiger partial charge in [-0.15, -0.1) is 0 Å². The van der Waals surface area contributed by atoms with E-state index in [-0.39, 0.29) is 28.7 Å². The van der Waals surface area contributed by atoms with Gasteiger partial charge >= 0.3 is 5.63 Å². The molecule has 3 heterocycles. The van der Waals surface area contributed by atoms with Gasteiger partial charge in [0.2, 0.25) is 11.8 Å². The summed E-state index contributed by atoms with van der Waals surface area (Å²) < 4.78 is 11.8. The standard InChI is InChI=1S/C25H21N3O4/c1-12(2)14-10-9-13(3)18-20(14)32-23(29)19-21(18)31-22(27)16(11-26)25(19)15-7-5-6-8-17(15)28(4)24(25)30/h5-10,12H,27H2,1-4H3/t25-/m0/s1. The van der Waals surface area contributed by atoms with E-state index in [1.165, 1.54) is 4.90 Å². The smallest absolute Gasteiger partial charge is 0.345 e. The van der Waals surface area contributed by atoms with Crippen molar-refractivity contribution in [2.45, 2.75) is 32.1 Å². The Balaban J connectivity index is 2.03. The Labute approximate surface area is 184 Å². The Morgan fingerprint density at radius 3 is 2.56 bits per heavy atom. The maximum atomic E-state index is 13.8. The van der Waals surface area contributed by atoms with Gasteiger partial charge in [0.05, 0.1) is 5.39 Å². The third-order valence-corrected chi connectivity index (χ3v) is 6.49. The Morgan fingerprint density at radius 1 is 1.16 bits per heavy atom. The minimum absolute atomic E-state index is 0.0124. The average molecular weight is 427 g/mol. The summed E-state index contributed by atoms with van der Waals surface area (Å²) in [6.45, 7) is 5.87. The molecule has 3 aromatic rings. The third kappa shape index (κ3) is 2.19. The lowest BCUT2D eigenvalue weighted by atomic mass is 9.69. The average Bonchev–Trinajstić information content (AvgIpc) is 2.96. The van der Waals surface area contributed by atoms with E-state index >= 15 is 0 Å². The Hall–Kier alpha value is -4.05. The zero-order chi connectivity index (χ0) is 22.9. The first kappa shape index (κ1) is 19.9. The van der Waals surface area contributed by atoms with Crippen LogP contribution in [0.25, 0.3) is 11.0 Å². The number of aryl methyl sites for hydroxylation is 1. The molecule has 1 amide bonds. The van der Waals surface area contributed by atoms with E-state index in [4.69, 9.17) is 14.9 Å². The van der Waals surface area contributed by atoms with Crippen LogP contribution in [0.4, 0.5) is 5.69 Å². The molecule has 2 aliphatic rings. The number of hydrogen-bond acceptors (Lipinski definition) is 6. The quantitative estimate of drug-likeness (QED) is 0.595. The number of likely N-dealkylation sites (N-methyl/N-ethyl adjacent to an activating group) is 1. The van der Waals surface area contributed by atoms with E-state index < -0.39 is 16.9 Å². The molecule has 2 N–H and O–H groups in total. The van der Waals surface area contributed by atoms with Crippen molar-refractivity contribution in [1.29, 1.82) is 5.26 Å². The van der Waals surface area contributed by atoms with Crippen LogP contribution < -0.4 is 21.0 Å². The molecule has 0 saturated carbocycles. The highest BCUT2D eigenvalue weighted by Gasteiger charge is 2.60. The Morgan fingerprint density at radius 2 is 1.88 bits per heavy atom. The second kappa shape index (κ2) is 6.47. The molecule has 32 heavy (non-hydrogen) atoms. The van der Waals surface area contributed by atoms with Gasteiger partial charge in [-0.3, -0.25) is 4.79 Å². The molecule has 0 radical (unpaired) electrons. The van der Waals surface area contributed by atoms with Crippen molar-refractivity contribution in [3.8, 4) is 11.8 Å². The highest BCUT2D eigenvalue weighted by molar-refractivity contribution is 6.14. The van der Waals surface area contributed by atoms with Gasteiger partial charge < -0.3 is 19.8 Å². The van der Waals surface area contributed by atoms with Gasteiger partial charge in [-0.2, -0.15) is 5.26 Å². The van der Waals surface area contributed by atoms with Gasteiger partial charge in [-0.1, -0.05) is 44.2 Å². The molecule has 0 unspecified atom stereocenters. The van der Waals surface area contributed by atoms with Crippen LogP contribution in [0.2, 0.25) is 0 Å². The summed E-state index contributed by atoms with van der Waals surface area (Å²) in [6.07, 6.45) is 0. The lowest BCUT2D eigenvalue weighted by Gasteiger charge is -2.33. The Kier molecular flexibility index (Phi) is 4.02. The van der Waals surface area contributed by atoms with Gasteiger partial charge in [0.25, 0.3) is 0 Å². The number of carbonyl (C=O) groups excluding carboxylic acids is 1. The van der Waals surface area contributed by atoms with Crippen LogP contribution in [0.3, 0.4) is 0 Å². The molecule has 1 aromatic heterocycles. The molecule has 1 spiro atoms. The van der Waals surface area contributed by atoms with Crippen molar-refractivity contribution in [1.82, 2.24) is 0 Å². The highest BCUT2D eigenvalue weighted by Crippen LogP contribution is 2.55. The number of nitrogens with zero attached hydrogens (tertiary/aromatic N) is 2. The predicted octanol–water partition coefficient (Wildman–Crippen LogP) is 3.57. The van der Waals surface area contributed by atoms with Crippen molar-refractivity contribution in [3.63, 3.8) is 0 Å². The molecule has 7 nitrogen and oxygen atoms in total. The van der Waals surface area contributed by atoms with E-state index in [9.17, 15) is 14.9 Å². The monoisotopic (exact) mass is 427 g/mol. The second-order valence-electron chi connectivity index (χ2n) is 8.51. The largest absolute Gasteiger partial charge is 0.439 e. The summed E-state index contributed by atoms with van der Waals surface area (Å²) in [4.78, 5) is 28.8. The number of amides is 1. The number of carbonyl (C=O) groups is 1. The van der Waals surface area contributed by atoms with Crippen LogP contribution >= 0.6 is 0 Å². The van der Waals surface area contributed by atoms with Crippen molar-refractivity contribution < 1.29 is 13.9 Å². The summed E-state index contributed by atoms with van der Waals surface area (Å²) in [6, 6.07) is 12.9. The lowest BCUT2D eigenvalue weighted by molar-refractivity contribution is -0.120. The van der Waals surface area contributed by atoms with E-state index in [1.54, 1.807) is 31.3 Å². The van der Waals surface area contributed by atoms with Crippen LogP contribution in [-0.2, 0) is 10.2 Å². The molecule has 0 fully saturated rings. The fraction of sp³-hybridized carbons (Fsp3) is 0.240. The van der Waals surface area contributed by atoms with E-state index in [0.717, 1.165) is 11.1 Å². The molecule has 160 valence electrons. The van der Waals surface area contributed by atoms with E-state index in [2.05, 4.69) is 0 Å². The fourth-order valence-electron chi connectivity index (χ4n) is 4.98. The highest BCUT2D eigenvalue weighted by atomic mass is 16.5. The molecular weight excluding hydrogens is 406 g/mol. The molecular formula is C25H21N3O4. The normalized spacial score (nSPS) is 19.4. The number of ether oxygens (including phenoxy) is 1. The molecule has 2 aliphatic heterocycles. The van der Waals surface area contributed by atoms with Crippen LogP contribution in [0.1, 0.15) is 42.0 Å². The Bertz CT molecular complexity index is 1480. The number of anilines is 1. The fourth-order valence-corrected chi connectivity index (χ4v) is 4.98. The zero-order valence-corrected chi connectivity index (χ0v) is 18.1. The summed E-state index contributed by atoms with van der Waals surface area (Å²) in [5, 5.41) is 10.6. The van der Waals surface area contributed by atoms with Crippen LogP contribution in [0, 0.1) is 18.3 Å². The minimum atomic E-state index is -1.73. The molecule has 0 saturated heterocycles. The predicted molar refractivity (Wildman–Crippen MR) is 119 cm³/mol. The molecule has 7 heteroatoms. The number of benzene rings is 2. The summed E-state index contributed by atoms with van der Waals surface area (Å²) in [5.41, 5.74) is 6.81. The third-order valence-electron chi connectivity index (χ3n) is 6.49. The molecule has 0 bridgehead atoms. The van der Waals surface area contributed by atoms with Gasteiger partial charge in [0.1, 0.15) is 22.8 Å². The molecule has 5 rings (SSSR count). The van der Waals surface area contributed by atoms with Crippen molar-refractivity contribution in [2.24, 2.45) is 5.73 Å². The van der Waals surface area contributed by atoms with Crippen LogP contribution in [0.15, 0.2) is 57.1 Å². The number of rotatable bonds is 1. The lowest BCUT2D eigenvalue weighted by Crippen LogP contribution is -2.47. The number of nitrogens with two attached hydrogens (primary N) is 1. The number of nitriles is 1. The van der Waals surface area contributed by atoms with E-state index in [0.29, 0.717) is 22.2 Å². The van der Waals surface area contributed by atoms with Crippen molar-refractivity contribution in [3.05, 3.63) is 80.5 Å². The molecule has 2 aromatic carbocycles. The van der Waals surface area contributed by atoms with Crippen LogP contribution in [0.5, 0.6) is 5.75 Å². The van der Waals surface area contributed by atoms with Crippen molar-refractivity contribution in [2.75, 3.05) is 11.9 Å². The van der Waals surface area contributed by atoms with Crippen LogP contribution in [-0.4, -0.2) is 13.0 Å². The second-order valence-corrected chi connectivity index (χ2v) is 8.51. The molecule has 1 atom stereocenters. The van der Waals surface area contributed by atoms with E-state index in [1.807, 2.05) is 39.0 Å². The summed E-state index contributed by atoms with van der Waals surface area (Å²) in [7, 11) is 1.61. The summed E-state index contributed by atoms with van der Waals surface area (Å²) >= 11 is 0. The first-order chi connectivity index (χ1) is 15.2. The minimum Gasteiger partial charge on any atom is -0.439 e. The van der Waals surface area contributed by atoms with Gasteiger partial charge in [-0.05, 0) is 30.0 Å². The first-order valence-electron chi connectivity index (χ1n) is 10.3. The number of hydrogen-bond donors (Lipinski definition) is 1. The van der Waals surface area contributed by atoms with Crippen molar-refractivity contribution >= 4 is 22.6 Å². The molecule has 0 aliphatic carbocycles. The zero-order valence-electron chi connectivity index (χ0n) is 18.1. The number of fused-ring (bicyclic) bond motifs is 6. The maximum Gasteiger partial charge on any atom is 0.345 e. The maximum absolute atomic E-state index is 13.8. The SMILES string of the molecule is Cc1ccc(C(C)C)c2oc(=O)c3c(c12)OC(N)=C(C#N)[C@]31C(=O)N(C)c2ccccc21. The number of para-hydroxylation sites is 1. The first-order valence-corrected chi connectivity index (χ1v) is 10.3. The van der Waals surface area contributed by atoms with Gasteiger partial charge in [0.15, 0.2) is 11.2 Å². The van der Waals surface area contributed by atoms with Gasteiger partial charge in [0, 0.05) is 18.3 Å². The van der Waals surface area contributed by atoms with Gasteiger partial charge in [-0.25, -0.2) is 4.79 Å². The summed E-state index contributed by atoms with van der Waals surface area (Å²) in [5.74, 6) is -0.391.